The molecule has 4 rings (SSSR count). The van der Waals surface area contributed by atoms with Crippen molar-refractivity contribution in [2.24, 2.45) is 5.92 Å². The molecule has 1 aromatic heterocycles. The number of fused-ring (bicyclic) bond motifs is 1. The summed E-state index contributed by atoms with van der Waals surface area (Å²) in [6.45, 7) is 8.09. The maximum Gasteiger partial charge on any atom is 0.220 e. The Morgan fingerprint density at radius 1 is 1.22 bits per heavy atom. The van der Waals surface area contributed by atoms with Gasteiger partial charge in [0, 0.05) is 42.7 Å². The van der Waals surface area contributed by atoms with E-state index in [0.29, 0.717) is 18.9 Å². The van der Waals surface area contributed by atoms with Crippen LogP contribution in [0.4, 0.5) is 0 Å². The number of H-pyrrole nitrogens is 1. The minimum absolute atomic E-state index is 0.131. The van der Waals surface area contributed by atoms with Gasteiger partial charge in [-0.1, -0.05) is 30.3 Å². The fourth-order valence-electron chi connectivity index (χ4n) is 4.87. The molecule has 0 radical (unpaired) electrons. The second kappa shape index (κ2) is 10.2. The molecule has 5 nitrogen and oxygen atoms in total. The van der Waals surface area contributed by atoms with Crippen LogP contribution in [0.2, 0.25) is 0 Å². The summed E-state index contributed by atoms with van der Waals surface area (Å²) in [7, 11) is 1.66. The van der Waals surface area contributed by atoms with Gasteiger partial charge in [0.2, 0.25) is 5.91 Å². The largest absolute Gasteiger partial charge is 0.497 e. The van der Waals surface area contributed by atoms with Crippen LogP contribution in [-0.4, -0.2) is 36.0 Å². The summed E-state index contributed by atoms with van der Waals surface area (Å²) in [5, 5.41) is 4.39. The van der Waals surface area contributed by atoms with Crippen molar-refractivity contribution < 1.29 is 9.53 Å². The Hall–Kier alpha value is -2.79. The lowest BCUT2D eigenvalue weighted by atomic mass is 9.93. The zero-order chi connectivity index (χ0) is 22.5. The number of aromatic amines is 1. The molecule has 5 heteroatoms. The van der Waals surface area contributed by atoms with Crippen molar-refractivity contribution in [3.05, 3.63) is 64.8 Å². The molecule has 1 amide bonds. The van der Waals surface area contributed by atoms with Crippen LogP contribution in [0.25, 0.3) is 10.9 Å². The van der Waals surface area contributed by atoms with E-state index in [0.717, 1.165) is 37.4 Å². The molecule has 0 bridgehead atoms. The molecule has 1 fully saturated rings. The summed E-state index contributed by atoms with van der Waals surface area (Å²) >= 11 is 0. The summed E-state index contributed by atoms with van der Waals surface area (Å²) in [6.07, 6.45) is 3.96. The Kier molecular flexibility index (Phi) is 7.15. The summed E-state index contributed by atoms with van der Waals surface area (Å²) in [6, 6.07) is 14.4. The van der Waals surface area contributed by atoms with Gasteiger partial charge in [-0.25, -0.2) is 0 Å². The second-order valence-electron chi connectivity index (χ2n) is 9.14. The molecular formula is C27H35N3O2. The van der Waals surface area contributed by atoms with Gasteiger partial charge in [0.15, 0.2) is 0 Å². The number of nitrogens with one attached hydrogen (secondary N) is 2. The van der Waals surface area contributed by atoms with E-state index in [1.54, 1.807) is 7.11 Å². The molecule has 0 spiro atoms. The lowest BCUT2D eigenvalue weighted by Crippen LogP contribution is -2.35. The van der Waals surface area contributed by atoms with Crippen molar-refractivity contribution in [2.45, 2.75) is 52.6 Å². The number of rotatable bonds is 8. The average Bonchev–Trinajstić information content (AvgIpc) is 3.13. The first-order valence-electron chi connectivity index (χ1n) is 11.7. The number of benzene rings is 2. The third-order valence-corrected chi connectivity index (χ3v) is 6.79. The van der Waals surface area contributed by atoms with E-state index in [2.05, 4.69) is 47.2 Å². The highest BCUT2D eigenvalue weighted by atomic mass is 16.5. The van der Waals surface area contributed by atoms with Crippen LogP contribution in [0.15, 0.2) is 42.5 Å². The average molecular weight is 434 g/mol. The van der Waals surface area contributed by atoms with Crippen LogP contribution in [-0.2, 0) is 17.9 Å². The van der Waals surface area contributed by atoms with Crippen LogP contribution < -0.4 is 10.1 Å². The van der Waals surface area contributed by atoms with Gasteiger partial charge in [-0.2, -0.15) is 0 Å². The summed E-state index contributed by atoms with van der Waals surface area (Å²) < 4.78 is 5.25. The Morgan fingerprint density at radius 3 is 2.88 bits per heavy atom. The number of amides is 1. The normalized spacial score (nSPS) is 16.9. The third-order valence-electron chi connectivity index (χ3n) is 6.79. The fourth-order valence-corrected chi connectivity index (χ4v) is 4.87. The molecule has 1 saturated heterocycles. The molecular weight excluding hydrogens is 398 g/mol. The van der Waals surface area contributed by atoms with Crippen molar-refractivity contribution in [2.75, 3.05) is 20.2 Å². The number of para-hydroxylation sites is 1. The van der Waals surface area contributed by atoms with Crippen molar-refractivity contribution in [3.8, 4) is 5.75 Å². The number of aryl methyl sites for hydroxylation is 2. The van der Waals surface area contributed by atoms with Crippen LogP contribution in [0.5, 0.6) is 5.75 Å². The molecule has 0 unspecified atom stereocenters. The molecule has 2 heterocycles. The van der Waals surface area contributed by atoms with E-state index in [-0.39, 0.29) is 5.91 Å². The molecule has 32 heavy (non-hydrogen) atoms. The highest BCUT2D eigenvalue weighted by Crippen LogP contribution is 2.27. The lowest BCUT2D eigenvalue weighted by molar-refractivity contribution is -0.121. The number of piperidine rings is 1. The number of ether oxygens (including phenoxy) is 1. The van der Waals surface area contributed by atoms with Crippen molar-refractivity contribution in [3.63, 3.8) is 0 Å². The molecule has 0 aliphatic carbocycles. The molecule has 2 N–H and O–H groups in total. The first-order valence-corrected chi connectivity index (χ1v) is 11.7. The number of carbonyl (C=O) groups is 1. The Bertz CT molecular complexity index is 1070. The van der Waals surface area contributed by atoms with Crippen LogP contribution in [0, 0.1) is 19.8 Å². The van der Waals surface area contributed by atoms with E-state index in [4.69, 9.17) is 4.74 Å². The number of aromatic nitrogens is 1. The molecule has 2 aromatic carbocycles. The van der Waals surface area contributed by atoms with Gasteiger partial charge in [0.1, 0.15) is 5.75 Å². The van der Waals surface area contributed by atoms with E-state index in [1.807, 2.05) is 24.3 Å². The topological polar surface area (TPSA) is 57.4 Å². The van der Waals surface area contributed by atoms with Crippen molar-refractivity contribution in [1.82, 2.24) is 15.2 Å². The second-order valence-corrected chi connectivity index (χ2v) is 9.14. The Morgan fingerprint density at radius 2 is 2.06 bits per heavy atom. The quantitative estimate of drug-likeness (QED) is 0.519. The molecule has 0 saturated carbocycles. The number of hydrogen-bond donors (Lipinski definition) is 2. The van der Waals surface area contributed by atoms with E-state index < -0.39 is 0 Å². The number of hydrogen-bond acceptors (Lipinski definition) is 3. The number of nitrogens with zero attached hydrogens (tertiary/aromatic N) is 1. The predicted octanol–water partition coefficient (Wildman–Crippen LogP) is 5.10. The van der Waals surface area contributed by atoms with Gasteiger partial charge < -0.3 is 15.0 Å². The van der Waals surface area contributed by atoms with Crippen LogP contribution in [0.1, 0.15) is 48.1 Å². The van der Waals surface area contributed by atoms with E-state index >= 15 is 0 Å². The maximum absolute atomic E-state index is 12.4. The van der Waals surface area contributed by atoms with Gasteiger partial charge in [-0.05, 0) is 74.4 Å². The predicted molar refractivity (Wildman–Crippen MR) is 130 cm³/mol. The standard InChI is InChI=1S/C27H35N3O2/c1-19-7-4-11-24-20(2)25(29-27(19)24)18-30-14-6-9-21(17-30)12-13-26(31)28-16-22-8-5-10-23(15-22)32-3/h4-5,7-8,10-11,15,21,29H,6,9,12-14,16-18H2,1-3H3,(H,28,31)/t21-/m1/s1. The monoisotopic (exact) mass is 433 g/mol. The summed E-state index contributed by atoms with van der Waals surface area (Å²) in [5.74, 6) is 1.53. The molecule has 1 aliphatic rings. The van der Waals surface area contributed by atoms with Gasteiger partial charge in [-0.15, -0.1) is 0 Å². The first-order chi connectivity index (χ1) is 15.5. The molecule has 170 valence electrons. The minimum atomic E-state index is 0.131. The van der Waals surface area contributed by atoms with E-state index in [1.165, 1.54) is 40.6 Å². The highest BCUT2D eigenvalue weighted by Gasteiger charge is 2.22. The van der Waals surface area contributed by atoms with Gasteiger partial charge in [0.05, 0.1) is 7.11 Å². The van der Waals surface area contributed by atoms with Crippen LogP contribution >= 0.6 is 0 Å². The Labute approximate surface area is 191 Å². The lowest BCUT2D eigenvalue weighted by Gasteiger charge is -2.32. The number of likely N-dealkylation sites (tertiary alicyclic amines) is 1. The fraction of sp³-hybridized carbons (Fsp3) is 0.444. The molecule has 3 aromatic rings. The van der Waals surface area contributed by atoms with Crippen molar-refractivity contribution >= 4 is 16.8 Å². The number of carbonyl (C=O) groups excluding carboxylic acids is 1. The van der Waals surface area contributed by atoms with Crippen LogP contribution in [0.3, 0.4) is 0 Å². The smallest absolute Gasteiger partial charge is 0.220 e. The summed E-state index contributed by atoms with van der Waals surface area (Å²) in [4.78, 5) is 18.6. The van der Waals surface area contributed by atoms with Gasteiger partial charge in [0.25, 0.3) is 0 Å². The highest BCUT2D eigenvalue weighted by molar-refractivity contribution is 5.86. The van der Waals surface area contributed by atoms with Crippen molar-refractivity contribution in [1.29, 1.82) is 0 Å². The SMILES string of the molecule is COc1cccc(CNC(=O)CC[C@H]2CCCN(Cc3[nH]c4c(C)cccc4c3C)C2)c1. The van der Waals surface area contributed by atoms with Gasteiger partial charge >= 0.3 is 0 Å². The van der Waals surface area contributed by atoms with Gasteiger partial charge in [-0.3, -0.25) is 9.69 Å². The maximum atomic E-state index is 12.4. The third kappa shape index (κ3) is 5.33. The number of methoxy groups -OCH3 is 1. The minimum Gasteiger partial charge on any atom is -0.497 e. The summed E-state index contributed by atoms with van der Waals surface area (Å²) in [5.41, 5.74) is 6.31. The molecule has 1 aliphatic heterocycles. The zero-order valence-electron chi connectivity index (χ0n) is 19.5. The first kappa shape index (κ1) is 22.4. The Balaban J connectivity index is 1.26. The molecule has 1 atom stereocenters. The van der Waals surface area contributed by atoms with E-state index in [9.17, 15) is 4.79 Å². The zero-order valence-corrected chi connectivity index (χ0v) is 19.5.